The molecule has 1 aliphatic carbocycles. The van der Waals surface area contributed by atoms with Crippen LogP contribution >= 0.6 is 15.9 Å². The molecule has 1 saturated carbocycles. The number of aliphatic hydroxyl groups is 1. The van der Waals surface area contributed by atoms with E-state index in [-0.39, 0.29) is 17.6 Å². The van der Waals surface area contributed by atoms with Crippen LogP contribution in [0.5, 0.6) is 0 Å². The average molecular weight is 256 g/mol. The minimum absolute atomic E-state index is 0.138. The molecule has 2 rings (SSSR count). The topological polar surface area (TPSA) is 46.2 Å². The summed E-state index contributed by atoms with van der Waals surface area (Å²) in [5, 5.41) is 9.23. The summed E-state index contributed by atoms with van der Waals surface area (Å²) in [4.78, 5) is 0. The molecule has 0 amide bonds. The minimum atomic E-state index is -0.331. The Balaban J connectivity index is 2.30. The van der Waals surface area contributed by atoms with Crippen molar-refractivity contribution < 1.29 is 5.11 Å². The van der Waals surface area contributed by atoms with Gasteiger partial charge in [-0.15, -0.1) is 0 Å². The van der Waals surface area contributed by atoms with Gasteiger partial charge in [0.25, 0.3) is 0 Å². The highest BCUT2D eigenvalue weighted by atomic mass is 79.9. The Bertz CT molecular complexity index is 351. The lowest BCUT2D eigenvalue weighted by Gasteiger charge is -2.17. The van der Waals surface area contributed by atoms with Crippen LogP contribution in [0.15, 0.2) is 28.7 Å². The van der Waals surface area contributed by atoms with Crippen LogP contribution in [0.2, 0.25) is 0 Å². The molecule has 0 bridgehead atoms. The van der Waals surface area contributed by atoms with Gasteiger partial charge in [-0.1, -0.05) is 35.0 Å². The van der Waals surface area contributed by atoms with Crippen molar-refractivity contribution >= 4 is 15.9 Å². The van der Waals surface area contributed by atoms with Gasteiger partial charge in [-0.25, -0.2) is 0 Å². The lowest BCUT2D eigenvalue weighted by molar-refractivity contribution is 0.205. The lowest BCUT2D eigenvalue weighted by atomic mass is 9.96. The van der Waals surface area contributed by atoms with E-state index in [0.717, 1.165) is 16.5 Å². The second kappa shape index (κ2) is 3.05. The van der Waals surface area contributed by atoms with E-state index in [9.17, 15) is 5.11 Å². The fourth-order valence-corrected chi connectivity index (χ4v) is 2.23. The minimum Gasteiger partial charge on any atom is -0.396 e. The second-order valence-corrected chi connectivity index (χ2v) is 5.29. The molecule has 1 aliphatic rings. The summed E-state index contributed by atoms with van der Waals surface area (Å²) >= 11 is 3.39. The van der Waals surface area contributed by atoms with Crippen molar-refractivity contribution in [2.24, 2.45) is 11.1 Å². The van der Waals surface area contributed by atoms with E-state index < -0.39 is 0 Å². The van der Waals surface area contributed by atoms with Crippen LogP contribution in [-0.2, 0) is 5.54 Å². The van der Waals surface area contributed by atoms with Gasteiger partial charge in [-0.3, -0.25) is 0 Å². The lowest BCUT2D eigenvalue weighted by Crippen LogP contribution is -2.28. The zero-order valence-corrected chi connectivity index (χ0v) is 9.71. The van der Waals surface area contributed by atoms with Gasteiger partial charge in [0.15, 0.2) is 0 Å². The third-order valence-electron chi connectivity index (χ3n) is 3.33. The van der Waals surface area contributed by atoms with E-state index in [0.29, 0.717) is 0 Å². The standard InChI is InChI=1S/C11H14BrNO/c1-10(7-14)6-11(10,13)8-2-4-9(12)5-3-8/h2-5,14H,6-7,13H2,1H3. The monoisotopic (exact) mass is 255 g/mol. The predicted molar refractivity (Wildman–Crippen MR) is 59.8 cm³/mol. The second-order valence-electron chi connectivity index (χ2n) is 4.37. The molecule has 0 radical (unpaired) electrons. The van der Waals surface area contributed by atoms with Crippen LogP contribution in [0.25, 0.3) is 0 Å². The van der Waals surface area contributed by atoms with Crippen LogP contribution < -0.4 is 5.73 Å². The third kappa shape index (κ3) is 1.31. The first-order chi connectivity index (χ1) is 6.52. The highest BCUT2D eigenvalue weighted by Gasteiger charge is 2.62. The molecule has 3 N–H and O–H groups in total. The summed E-state index contributed by atoms with van der Waals surface area (Å²) in [6.45, 7) is 2.18. The van der Waals surface area contributed by atoms with Crippen molar-refractivity contribution in [1.82, 2.24) is 0 Å². The number of nitrogens with two attached hydrogens (primary N) is 1. The van der Waals surface area contributed by atoms with E-state index in [1.54, 1.807) is 0 Å². The first-order valence-corrected chi connectivity index (χ1v) is 5.47. The summed E-state index contributed by atoms with van der Waals surface area (Å²) in [5.74, 6) is 0. The van der Waals surface area contributed by atoms with Gasteiger partial charge in [0.2, 0.25) is 0 Å². The van der Waals surface area contributed by atoms with Gasteiger partial charge in [-0.05, 0) is 24.1 Å². The molecule has 2 unspecified atom stereocenters. The highest BCUT2D eigenvalue weighted by Crippen LogP contribution is 2.60. The average Bonchev–Trinajstić information content (AvgIpc) is 2.73. The van der Waals surface area contributed by atoms with Gasteiger partial charge in [0.1, 0.15) is 0 Å². The number of hydrogen-bond acceptors (Lipinski definition) is 2. The molecule has 2 atom stereocenters. The SMILES string of the molecule is CC1(CO)CC1(N)c1ccc(Br)cc1. The summed E-state index contributed by atoms with van der Waals surface area (Å²) in [5.41, 5.74) is 6.87. The van der Waals surface area contributed by atoms with Crippen LogP contribution in [-0.4, -0.2) is 11.7 Å². The Labute approximate surface area is 92.3 Å². The summed E-state index contributed by atoms with van der Waals surface area (Å²) < 4.78 is 1.05. The first-order valence-electron chi connectivity index (χ1n) is 4.68. The van der Waals surface area contributed by atoms with Crippen molar-refractivity contribution in [3.8, 4) is 0 Å². The maximum atomic E-state index is 9.23. The quantitative estimate of drug-likeness (QED) is 0.850. The van der Waals surface area contributed by atoms with Crippen LogP contribution in [0.3, 0.4) is 0 Å². The Kier molecular flexibility index (Phi) is 2.21. The molecule has 0 aliphatic heterocycles. The molecule has 3 heteroatoms. The van der Waals surface area contributed by atoms with Gasteiger partial charge in [0, 0.05) is 15.4 Å². The van der Waals surface area contributed by atoms with E-state index in [1.807, 2.05) is 31.2 Å². The Morgan fingerprint density at radius 1 is 1.43 bits per heavy atom. The first kappa shape index (κ1) is 10.1. The molecule has 14 heavy (non-hydrogen) atoms. The molecule has 1 aromatic rings. The Morgan fingerprint density at radius 3 is 2.43 bits per heavy atom. The van der Waals surface area contributed by atoms with Gasteiger partial charge in [-0.2, -0.15) is 0 Å². The predicted octanol–water partition coefficient (Wildman–Crippen LogP) is 2.01. The summed E-state index contributed by atoms with van der Waals surface area (Å²) in [6, 6.07) is 8.01. The van der Waals surface area contributed by atoms with Gasteiger partial charge >= 0.3 is 0 Å². The van der Waals surface area contributed by atoms with E-state index in [2.05, 4.69) is 15.9 Å². The van der Waals surface area contributed by atoms with Gasteiger partial charge in [0.05, 0.1) is 6.61 Å². The third-order valence-corrected chi connectivity index (χ3v) is 3.86. The maximum Gasteiger partial charge on any atom is 0.0506 e. The fraction of sp³-hybridized carbons (Fsp3) is 0.455. The van der Waals surface area contributed by atoms with E-state index in [4.69, 9.17) is 5.73 Å². The molecular formula is C11H14BrNO. The molecule has 0 heterocycles. The normalized spacial score (nSPS) is 35.7. The van der Waals surface area contributed by atoms with Crippen molar-refractivity contribution in [1.29, 1.82) is 0 Å². The molecule has 2 nitrogen and oxygen atoms in total. The summed E-state index contributed by atoms with van der Waals surface area (Å²) in [7, 11) is 0. The summed E-state index contributed by atoms with van der Waals surface area (Å²) in [6.07, 6.45) is 0.859. The fourth-order valence-electron chi connectivity index (χ4n) is 1.97. The van der Waals surface area contributed by atoms with Gasteiger partial charge < -0.3 is 10.8 Å². The van der Waals surface area contributed by atoms with Crippen molar-refractivity contribution in [3.05, 3.63) is 34.3 Å². The van der Waals surface area contributed by atoms with Crippen molar-refractivity contribution in [2.75, 3.05) is 6.61 Å². The number of hydrogen-bond donors (Lipinski definition) is 2. The molecule has 0 saturated heterocycles. The highest BCUT2D eigenvalue weighted by molar-refractivity contribution is 9.10. The maximum absolute atomic E-state index is 9.23. The van der Waals surface area contributed by atoms with Crippen molar-refractivity contribution in [3.63, 3.8) is 0 Å². The Morgan fingerprint density at radius 2 is 2.00 bits per heavy atom. The molecule has 0 spiro atoms. The van der Waals surface area contributed by atoms with E-state index >= 15 is 0 Å². The zero-order valence-electron chi connectivity index (χ0n) is 8.13. The van der Waals surface area contributed by atoms with Crippen molar-refractivity contribution in [2.45, 2.75) is 18.9 Å². The smallest absolute Gasteiger partial charge is 0.0506 e. The van der Waals surface area contributed by atoms with Crippen LogP contribution in [0, 0.1) is 5.41 Å². The molecule has 1 aromatic carbocycles. The molecule has 0 aromatic heterocycles. The molecule has 76 valence electrons. The number of benzene rings is 1. The molecular weight excluding hydrogens is 242 g/mol. The number of halogens is 1. The number of aliphatic hydroxyl groups excluding tert-OH is 1. The zero-order chi connectivity index (χ0) is 10.4. The van der Waals surface area contributed by atoms with Crippen LogP contribution in [0.4, 0.5) is 0 Å². The van der Waals surface area contributed by atoms with Crippen LogP contribution in [0.1, 0.15) is 18.9 Å². The van der Waals surface area contributed by atoms with E-state index in [1.165, 1.54) is 0 Å². The number of rotatable bonds is 2. The Hall–Kier alpha value is -0.380. The largest absolute Gasteiger partial charge is 0.396 e. The molecule has 1 fully saturated rings.